The second kappa shape index (κ2) is 8.41. The smallest absolute Gasteiger partial charge is 0.138 e. The van der Waals surface area contributed by atoms with Gasteiger partial charge in [0.15, 0.2) is 0 Å². The molecule has 5 aromatic rings. The van der Waals surface area contributed by atoms with Crippen molar-refractivity contribution in [3.8, 4) is 28.1 Å². The summed E-state index contributed by atoms with van der Waals surface area (Å²) in [5, 5.41) is 12.4. The summed E-state index contributed by atoms with van der Waals surface area (Å²) in [5.74, 6) is 0.679. The van der Waals surface area contributed by atoms with Crippen LogP contribution in [-0.4, -0.2) is 37.6 Å². The molecule has 0 fully saturated rings. The van der Waals surface area contributed by atoms with Crippen molar-refractivity contribution in [2.75, 3.05) is 6.61 Å². The summed E-state index contributed by atoms with van der Waals surface area (Å²) in [5.41, 5.74) is 11.2. The number of hydrogen-bond donors (Lipinski definition) is 2. The third-order valence-electron chi connectivity index (χ3n) is 5.11. The van der Waals surface area contributed by atoms with E-state index in [2.05, 4.69) is 39.6 Å². The average Bonchev–Trinajstić information content (AvgIpc) is 3.49. The van der Waals surface area contributed by atoms with Crippen molar-refractivity contribution < 1.29 is 4.74 Å². The second-order valence-electron chi connectivity index (χ2n) is 7.40. The fourth-order valence-corrected chi connectivity index (χ4v) is 3.59. The minimum atomic E-state index is -0.181. The molecular weight excluding hydrogens is 388 g/mol. The number of ether oxygens (including phenoxy) is 1. The van der Waals surface area contributed by atoms with Gasteiger partial charge in [-0.05, 0) is 29.8 Å². The summed E-state index contributed by atoms with van der Waals surface area (Å²) in [6.45, 7) is 0.957. The number of nitrogens with one attached hydrogen (secondary N) is 1. The Morgan fingerprint density at radius 3 is 2.74 bits per heavy atom. The van der Waals surface area contributed by atoms with Crippen LogP contribution in [0.5, 0.6) is 5.75 Å². The lowest BCUT2D eigenvalue weighted by Gasteiger charge is -2.15. The number of fused-ring (bicyclic) bond motifs is 1. The summed E-state index contributed by atoms with van der Waals surface area (Å²) in [6, 6.07) is 20.1. The van der Waals surface area contributed by atoms with Gasteiger partial charge in [-0.2, -0.15) is 10.2 Å². The SMILES string of the molecule is N[C@H](COc1cnc(-c2ccccc2)c(-c2ccc3[nH]ncc3c2)c1)Cn1cccn1. The van der Waals surface area contributed by atoms with Crippen LogP contribution < -0.4 is 10.5 Å². The highest BCUT2D eigenvalue weighted by atomic mass is 16.5. The molecule has 0 aliphatic carbocycles. The number of H-pyrrole nitrogens is 1. The molecule has 0 unspecified atom stereocenters. The molecule has 3 aromatic heterocycles. The molecule has 7 nitrogen and oxygen atoms in total. The maximum atomic E-state index is 6.22. The van der Waals surface area contributed by atoms with E-state index in [0.29, 0.717) is 18.9 Å². The monoisotopic (exact) mass is 410 g/mol. The van der Waals surface area contributed by atoms with E-state index in [1.165, 1.54) is 0 Å². The van der Waals surface area contributed by atoms with E-state index in [9.17, 15) is 0 Å². The molecule has 31 heavy (non-hydrogen) atoms. The minimum absolute atomic E-state index is 0.181. The minimum Gasteiger partial charge on any atom is -0.490 e. The summed E-state index contributed by atoms with van der Waals surface area (Å²) in [6.07, 6.45) is 7.20. The molecule has 0 saturated carbocycles. The van der Waals surface area contributed by atoms with Crippen LogP contribution in [0, 0.1) is 0 Å². The molecule has 0 radical (unpaired) electrons. The molecule has 0 aliphatic heterocycles. The van der Waals surface area contributed by atoms with Crippen molar-refractivity contribution in [1.82, 2.24) is 25.0 Å². The molecule has 7 heteroatoms. The van der Waals surface area contributed by atoms with Crippen molar-refractivity contribution in [2.45, 2.75) is 12.6 Å². The lowest BCUT2D eigenvalue weighted by Crippen LogP contribution is -2.32. The van der Waals surface area contributed by atoms with Crippen LogP contribution in [0.2, 0.25) is 0 Å². The Kier molecular flexibility index (Phi) is 5.16. The van der Waals surface area contributed by atoms with Crippen LogP contribution in [0.4, 0.5) is 0 Å². The quantitative estimate of drug-likeness (QED) is 0.424. The summed E-state index contributed by atoms with van der Waals surface area (Å²) in [7, 11) is 0. The van der Waals surface area contributed by atoms with E-state index >= 15 is 0 Å². The zero-order chi connectivity index (χ0) is 21.0. The van der Waals surface area contributed by atoms with E-state index < -0.39 is 0 Å². The van der Waals surface area contributed by atoms with Gasteiger partial charge in [0, 0.05) is 28.9 Å². The van der Waals surface area contributed by atoms with Crippen LogP contribution in [-0.2, 0) is 6.54 Å². The average molecular weight is 410 g/mol. The first-order chi connectivity index (χ1) is 15.3. The number of aromatic amines is 1. The van der Waals surface area contributed by atoms with Crippen LogP contribution in [0.25, 0.3) is 33.3 Å². The largest absolute Gasteiger partial charge is 0.490 e. The van der Waals surface area contributed by atoms with Gasteiger partial charge in [-0.15, -0.1) is 0 Å². The second-order valence-corrected chi connectivity index (χ2v) is 7.40. The first kappa shape index (κ1) is 19.0. The number of nitrogens with zero attached hydrogens (tertiary/aromatic N) is 4. The highest BCUT2D eigenvalue weighted by Gasteiger charge is 2.13. The molecule has 0 bridgehead atoms. The lowest BCUT2D eigenvalue weighted by atomic mass is 9.98. The Bertz CT molecular complexity index is 1280. The first-order valence-electron chi connectivity index (χ1n) is 10.1. The Hall–Kier alpha value is -3.97. The zero-order valence-corrected chi connectivity index (χ0v) is 16.8. The Balaban J connectivity index is 1.46. The number of aromatic nitrogens is 5. The Morgan fingerprint density at radius 1 is 1.00 bits per heavy atom. The van der Waals surface area contributed by atoms with Gasteiger partial charge < -0.3 is 10.5 Å². The highest BCUT2D eigenvalue weighted by molar-refractivity contribution is 5.88. The van der Waals surface area contributed by atoms with Crippen LogP contribution in [0.1, 0.15) is 0 Å². The predicted molar refractivity (Wildman–Crippen MR) is 120 cm³/mol. The number of nitrogens with two attached hydrogens (primary N) is 1. The number of hydrogen-bond acceptors (Lipinski definition) is 5. The molecule has 2 aromatic carbocycles. The van der Waals surface area contributed by atoms with Crippen LogP contribution in [0.3, 0.4) is 0 Å². The van der Waals surface area contributed by atoms with E-state index in [-0.39, 0.29) is 6.04 Å². The van der Waals surface area contributed by atoms with Crippen molar-refractivity contribution in [3.63, 3.8) is 0 Å². The van der Waals surface area contributed by atoms with Crippen LogP contribution >= 0.6 is 0 Å². The third kappa shape index (κ3) is 4.17. The summed E-state index contributed by atoms with van der Waals surface area (Å²) in [4.78, 5) is 4.74. The maximum Gasteiger partial charge on any atom is 0.138 e. The number of benzene rings is 2. The molecule has 0 amide bonds. The van der Waals surface area contributed by atoms with Gasteiger partial charge in [0.05, 0.1) is 36.2 Å². The molecule has 0 aliphatic rings. The molecule has 154 valence electrons. The van der Waals surface area contributed by atoms with E-state index in [4.69, 9.17) is 15.5 Å². The van der Waals surface area contributed by atoms with Gasteiger partial charge in [0.25, 0.3) is 0 Å². The van der Waals surface area contributed by atoms with Gasteiger partial charge in [-0.3, -0.25) is 14.8 Å². The van der Waals surface area contributed by atoms with E-state index in [0.717, 1.165) is 33.3 Å². The van der Waals surface area contributed by atoms with Gasteiger partial charge in [0.2, 0.25) is 0 Å². The number of rotatable bonds is 7. The first-order valence-corrected chi connectivity index (χ1v) is 10.1. The fourth-order valence-electron chi connectivity index (χ4n) is 3.59. The molecule has 5 rings (SSSR count). The summed E-state index contributed by atoms with van der Waals surface area (Å²) < 4.78 is 7.80. The third-order valence-corrected chi connectivity index (χ3v) is 5.11. The van der Waals surface area contributed by atoms with E-state index in [1.54, 1.807) is 17.1 Å². The molecular formula is C24H22N6O. The normalized spacial score (nSPS) is 12.2. The van der Waals surface area contributed by atoms with Crippen LogP contribution in [0.15, 0.2) is 85.5 Å². The predicted octanol–water partition coefficient (Wildman–Crippen LogP) is 3.89. The Labute approximate surface area is 179 Å². The molecule has 0 spiro atoms. The van der Waals surface area contributed by atoms with Crippen molar-refractivity contribution in [1.29, 1.82) is 0 Å². The lowest BCUT2D eigenvalue weighted by molar-refractivity contribution is 0.271. The highest BCUT2D eigenvalue weighted by Crippen LogP contribution is 2.34. The van der Waals surface area contributed by atoms with Gasteiger partial charge in [-0.1, -0.05) is 36.4 Å². The van der Waals surface area contributed by atoms with Crippen molar-refractivity contribution in [3.05, 3.63) is 85.5 Å². The van der Waals surface area contributed by atoms with Gasteiger partial charge >= 0.3 is 0 Å². The molecule has 3 N–H and O–H groups in total. The molecule has 1 atom stereocenters. The molecule has 3 heterocycles. The standard InChI is InChI=1S/C24H22N6O/c25-20(15-30-10-4-9-28-30)16-31-21-12-22(18-7-8-23-19(11-18)13-27-29-23)24(26-14-21)17-5-2-1-3-6-17/h1-14,20H,15-16,25H2,(H,27,29)/t20-/m0/s1. The van der Waals surface area contributed by atoms with E-state index in [1.807, 2.05) is 48.8 Å². The number of pyridine rings is 1. The summed E-state index contributed by atoms with van der Waals surface area (Å²) >= 11 is 0. The topological polar surface area (TPSA) is 94.6 Å². The van der Waals surface area contributed by atoms with Crippen molar-refractivity contribution >= 4 is 10.9 Å². The maximum absolute atomic E-state index is 6.22. The Morgan fingerprint density at radius 2 is 1.90 bits per heavy atom. The van der Waals surface area contributed by atoms with Gasteiger partial charge in [-0.25, -0.2) is 0 Å². The zero-order valence-electron chi connectivity index (χ0n) is 16.8. The molecule has 0 saturated heterocycles. The fraction of sp³-hybridized carbons (Fsp3) is 0.125. The van der Waals surface area contributed by atoms with Gasteiger partial charge in [0.1, 0.15) is 12.4 Å². The van der Waals surface area contributed by atoms with Crippen molar-refractivity contribution in [2.24, 2.45) is 5.73 Å².